The van der Waals surface area contributed by atoms with Crippen LogP contribution in [0.15, 0.2) is 11.2 Å². The Balaban J connectivity index is 2.03. The molecule has 1 aromatic heterocycles. The second-order valence-corrected chi connectivity index (χ2v) is 9.00. The molecule has 2 heterocycles. The molecular formula is C20H32ClN5O2S. The fourth-order valence-corrected chi connectivity index (χ4v) is 4.39. The molecule has 1 saturated heterocycles. The smallest absolute Gasteiger partial charge is 0.233 e. The molecule has 0 N–H and O–H groups in total. The fourth-order valence-electron chi connectivity index (χ4n) is 3.41. The molecule has 2 amide bonds. The molecule has 0 aromatic carbocycles. The Morgan fingerprint density at radius 2 is 1.97 bits per heavy atom. The van der Waals surface area contributed by atoms with Gasteiger partial charge in [0, 0.05) is 51.3 Å². The highest BCUT2D eigenvalue weighted by Crippen LogP contribution is 2.24. The summed E-state index contributed by atoms with van der Waals surface area (Å²) >= 11 is 7.53. The molecule has 162 valence electrons. The van der Waals surface area contributed by atoms with Crippen LogP contribution in [0.1, 0.15) is 41.0 Å². The van der Waals surface area contributed by atoms with Crippen LogP contribution in [0, 0.1) is 5.92 Å². The fraction of sp³-hybridized carbons (Fsp3) is 0.700. The number of rotatable bonds is 8. The van der Waals surface area contributed by atoms with Gasteiger partial charge < -0.3 is 14.7 Å². The minimum Gasteiger partial charge on any atom is -0.353 e. The summed E-state index contributed by atoms with van der Waals surface area (Å²) in [5.41, 5.74) is 0. The summed E-state index contributed by atoms with van der Waals surface area (Å²) in [7, 11) is 0. The average molecular weight is 442 g/mol. The van der Waals surface area contributed by atoms with E-state index in [1.807, 2.05) is 18.7 Å². The summed E-state index contributed by atoms with van der Waals surface area (Å²) in [6.07, 6.45) is 0.574. The van der Waals surface area contributed by atoms with Gasteiger partial charge in [0.25, 0.3) is 0 Å². The summed E-state index contributed by atoms with van der Waals surface area (Å²) in [4.78, 5) is 39.4. The average Bonchev–Trinajstić information content (AvgIpc) is 2.66. The Kier molecular flexibility index (Phi) is 9.02. The molecule has 0 radical (unpaired) electrons. The molecule has 0 bridgehead atoms. The van der Waals surface area contributed by atoms with Crippen LogP contribution in [0.2, 0.25) is 5.15 Å². The number of piperazine rings is 1. The first-order chi connectivity index (χ1) is 13.7. The van der Waals surface area contributed by atoms with Crippen LogP contribution in [0.4, 0.5) is 5.82 Å². The molecule has 9 heteroatoms. The van der Waals surface area contributed by atoms with E-state index in [1.54, 1.807) is 11.0 Å². The van der Waals surface area contributed by atoms with Gasteiger partial charge in [-0.2, -0.15) is 0 Å². The molecule has 29 heavy (non-hydrogen) atoms. The number of hydrogen-bond acceptors (Lipinski definition) is 6. The van der Waals surface area contributed by atoms with Crippen molar-refractivity contribution in [1.82, 2.24) is 19.8 Å². The zero-order valence-corrected chi connectivity index (χ0v) is 19.6. The lowest BCUT2D eigenvalue weighted by Gasteiger charge is -2.40. The summed E-state index contributed by atoms with van der Waals surface area (Å²) in [5, 5.41) is 0.859. The summed E-state index contributed by atoms with van der Waals surface area (Å²) in [5.74, 6) is 1.66. The maximum Gasteiger partial charge on any atom is 0.233 e. The topological polar surface area (TPSA) is 69.6 Å². The predicted octanol–water partition coefficient (Wildman–Crippen LogP) is 3.17. The van der Waals surface area contributed by atoms with E-state index in [1.165, 1.54) is 11.8 Å². The van der Waals surface area contributed by atoms with Crippen LogP contribution >= 0.6 is 23.4 Å². The van der Waals surface area contributed by atoms with E-state index in [4.69, 9.17) is 11.6 Å². The summed E-state index contributed by atoms with van der Waals surface area (Å²) in [6, 6.07) is 1.85. The Hall–Kier alpha value is -1.54. The van der Waals surface area contributed by atoms with E-state index in [-0.39, 0.29) is 23.6 Å². The SMILES string of the molecule is CCN(CC)C(=O)CSc1nc(Cl)cc(N2CCN(C(=O)CC(C)C)C(C)C2)n1. The van der Waals surface area contributed by atoms with Crippen molar-refractivity contribution in [2.75, 3.05) is 43.4 Å². The van der Waals surface area contributed by atoms with E-state index in [9.17, 15) is 9.59 Å². The number of anilines is 1. The number of aromatic nitrogens is 2. The third-order valence-electron chi connectivity index (χ3n) is 4.96. The number of carbonyl (C=O) groups is 2. The minimum atomic E-state index is 0.0658. The molecule has 1 aromatic rings. The van der Waals surface area contributed by atoms with Crippen molar-refractivity contribution in [3.05, 3.63) is 11.2 Å². The molecule has 1 fully saturated rings. The molecular weight excluding hydrogens is 410 g/mol. The van der Waals surface area contributed by atoms with Crippen LogP contribution in [-0.2, 0) is 9.59 Å². The lowest BCUT2D eigenvalue weighted by atomic mass is 10.1. The molecule has 0 aliphatic carbocycles. The van der Waals surface area contributed by atoms with Crippen molar-refractivity contribution in [2.24, 2.45) is 5.92 Å². The molecule has 1 aliphatic rings. The summed E-state index contributed by atoms with van der Waals surface area (Å²) in [6.45, 7) is 13.5. The molecule has 1 unspecified atom stereocenters. The number of thioether (sulfide) groups is 1. The maximum absolute atomic E-state index is 12.4. The van der Waals surface area contributed by atoms with E-state index < -0.39 is 0 Å². The van der Waals surface area contributed by atoms with Gasteiger partial charge in [-0.15, -0.1) is 0 Å². The van der Waals surface area contributed by atoms with Crippen molar-refractivity contribution in [2.45, 2.75) is 52.2 Å². The van der Waals surface area contributed by atoms with E-state index >= 15 is 0 Å². The standard InChI is InChI=1S/C20H32ClN5O2S/c1-6-24(7-2)19(28)13-29-20-22-16(21)11-17(23-20)25-8-9-26(15(5)12-25)18(27)10-14(3)4/h11,14-15H,6-10,12-13H2,1-5H3. The van der Waals surface area contributed by atoms with Crippen LogP contribution in [-0.4, -0.2) is 76.1 Å². The number of amides is 2. The van der Waals surface area contributed by atoms with Crippen LogP contribution in [0.3, 0.4) is 0 Å². The monoisotopic (exact) mass is 441 g/mol. The maximum atomic E-state index is 12.4. The van der Waals surface area contributed by atoms with Gasteiger partial charge in [-0.3, -0.25) is 9.59 Å². The highest BCUT2D eigenvalue weighted by molar-refractivity contribution is 7.99. The Labute approximate surface area is 183 Å². The largest absolute Gasteiger partial charge is 0.353 e. The third kappa shape index (κ3) is 6.74. The highest BCUT2D eigenvalue weighted by Gasteiger charge is 2.28. The number of halogens is 1. The van der Waals surface area contributed by atoms with Crippen molar-refractivity contribution < 1.29 is 9.59 Å². The van der Waals surface area contributed by atoms with Gasteiger partial charge in [0.2, 0.25) is 11.8 Å². The normalized spacial score (nSPS) is 17.0. The van der Waals surface area contributed by atoms with Gasteiger partial charge in [0.05, 0.1) is 5.75 Å². The lowest BCUT2D eigenvalue weighted by Crippen LogP contribution is -2.54. The van der Waals surface area contributed by atoms with E-state index in [0.717, 1.165) is 5.82 Å². The van der Waals surface area contributed by atoms with Gasteiger partial charge >= 0.3 is 0 Å². The Morgan fingerprint density at radius 1 is 1.28 bits per heavy atom. The molecule has 2 rings (SSSR count). The Bertz CT molecular complexity index is 714. The van der Waals surface area contributed by atoms with Gasteiger partial charge in [0.1, 0.15) is 11.0 Å². The van der Waals surface area contributed by atoms with Crippen molar-refractivity contribution in [3.8, 4) is 0 Å². The summed E-state index contributed by atoms with van der Waals surface area (Å²) < 4.78 is 0. The first-order valence-electron chi connectivity index (χ1n) is 10.2. The zero-order valence-electron chi connectivity index (χ0n) is 18.0. The number of nitrogens with zero attached hydrogens (tertiary/aromatic N) is 5. The molecule has 1 aliphatic heterocycles. The third-order valence-corrected chi connectivity index (χ3v) is 5.98. The van der Waals surface area contributed by atoms with E-state index in [2.05, 4.69) is 35.6 Å². The van der Waals surface area contributed by atoms with Gasteiger partial charge in [-0.05, 0) is 26.7 Å². The number of hydrogen-bond donors (Lipinski definition) is 0. The molecule has 0 spiro atoms. The van der Waals surface area contributed by atoms with Crippen molar-refractivity contribution in [3.63, 3.8) is 0 Å². The predicted molar refractivity (Wildman–Crippen MR) is 119 cm³/mol. The van der Waals surface area contributed by atoms with Crippen molar-refractivity contribution in [1.29, 1.82) is 0 Å². The first-order valence-corrected chi connectivity index (χ1v) is 11.6. The first kappa shape index (κ1) is 23.7. The van der Waals surface area contributed by atoms with Gasteiger partial charge in [-0.25, -0.2) is 9.97 Å². The van der Waals surface area contributed by atoms with Gasteiger partial charge in [-0.1, -0.05) is 37.2 Å². The minimum absolute atomic E-state index is 0.0658. The van der Waals surface area contributed by atoms with Crippen LogP contribution < -0.4 is 4.90 Å². The second-order valence-electron chi connectivity index (χ2n) is 7.67. The number of carbonyl (C=O) groups excluding carboxylic acids is 2. The zero-order chi connectivity index (χ0) is 21.6. The van der Waals surface area contributed by atoms with Crippen molar-refractivity contribution >= 4 is 41.0 Å². The van der Waals surface area contributed by atoms with Gasteiger partial charge in [0.15, 0.2) is 5.16 Å². The van der Waals surface area contributed by atoms with Crippen LogP contribution in [0.5, 0.6) is 0 Å². The van der Waals surface area contributed by atoms with Crippen LogP contribution in [0.25, 0.3) is 0 Å². The lowest BCUT2D eigenvalue weighted by molar-refractivity contribution is -0.134. The molecule has 1 atom stereocenters. The quantitative estimate of drug-likeness (QED) is 0.350. The van der Waals surface area contributed by atoms with E-state index in [0.29, 0.717) is 55.4 Å². The highest BCUT2D eigenvalue weighted by atomic mass is 35.5. The molecule has 7 nitrogen and oxygen atoms in total. The molecule has 0 saturated carbocycles. The Morgan fingerprint density at radius 3 is 2.55 bits per heavy atom. The second kappa shape index (κ2) is 11.0.